The molecular formula is C18H24N2O6. The highest BCUT2D eigenvalue weighted by Gasteiger charge is 2.39. The summed E-state index contributed by atoms with van der Waals surface area (Å²) in [6.07, 6.45) is -0.534. The van der Waals surface area contributed by atoms with Crippen LogP contribution in [0.15, 0.2) is 30.3 Å². The van der Waals surface area contributed by atoms with Gasteiger partial charge in [0, 0.05) is 6.54 Å². The van der Waals surface area contributed by atoms with Crippen LogP contribution in [0, 0.1) is 0 Å². The Hall–Kier alpha value is -2.61. The van der Waals surface area contributed by atoms with E-state index in [1.807, 2.05) is 30.3 Å². The first-order valence-corrected chi connectivity index (χ1v) is 8.35. The number of rotatable bonds is 5. The molecule has 142 valence electrons. The Morgan fingerprint density at radius 3 is 2.50 bits per heavy atom. The van der Waals surface area contributed by atoms with Crippen molar-refractivity contribution < 1.29 is 28.7 Å². The molecule has 2 rings (SSSR count). The smallest absolute Gasteiger partial charge is 0.410 e. The van der Waals surface area contributed by atoms with E-state index in [-0.39, 0.29) is 32.7 Å². The Bertz CT molecular complexity index is 628. The largest absolute Gasteiger partial charge is 0.459 e. The van der Waals surface area contributed by atoms with Crippen LogP contribution in [0.2, 0.25) is 0 Å². The molecule has 26 heavy (non-hydrogen) atoms. The summed E-state index contributed by atoms with van der Waals surface area (Å²) in [5.74, 6) is -0.570. The fraction of sp³-hybridized carbons (Fsp3) is 0.500. The van der Waals surface area contributed by atoms with E-state index >= 15 is 0 Å². The number of hydrogen-bond acceptors (Lipinski definition) is 7. The molecule has 1 aliphatic heterocycles. The highest BCUT2D eigenvalue weighted by atomic mass is 16.7. The van der Waals surface area contributed by atoms with Gasteiger partial charge in [-0.3, -0.25) is 9.59 Å². The number of piperazine rings is 1. The van der Waals surface area contributed by atoms with Crippen molar-refractivity contribution in [3.05, 3.63) is 35.9 Å². The molecule has 8 nitrogen and oxygen atoms in total. The lowest BCUT2D eigenvalue weighted by Crippen LogP contribution is -2.58. The lowest BCUT2D eigenvalue weighted by molar-refractivity contribution is -0.209. The van der Waals surface area contributed by atoms with Gasteiger partial charge < -0.3 is 19.2 Å². The van der Waals surface area contributed by atoms with Crippen LogP contribution in [0.25, 0.3) is 0 Å². The number of ether oxygens (including phenoxy) is 2. The van der Waals surface area contributed by atoms with Crippen LogP contribution < -0.4 is 0 Å². The van der Waals surface area contributed by atoms with Crippen LogP contribution in [0.5, 0.6) is 0 Å². The lowest BCUT2D eigenvalue weighted by Gasteiger charge is -2.38. The summed E-state index contributed by atoms with van der Waals surface area (Å²) in [6.45, 7) is 6.07. The molecule has 0 bridgehead atoms. The maximum atomic E-state index is 12.4. The molecule has 1 aromatic carbocycles. The van der Waals surface area contributed by atoms with Crippen molar-refractivity contribution in [1.82, 2.24) is 9.96 Å². The highest BCUT2D eigenvalue weighted by molar-refractivity contribution is 5.78. The van der Waals surface area contributed by atoms with Gasteiger partial charge in [-0.15, -0.1) is 5.06 Å². The van der Waals surface area contributed by atoms with Crippen LogP contribution in [-0.4, -0.2) is 59.8 Å². The number of hydrogen-bond donors (Lipinski definition) is 0. The molecule has 1 aromatic rings. The maximum absolute atomic E-state index is 12.4. The molecule has 8 heteroatoms. The second-order valence-corrected chi connectivity index (χ2v) is 6.88. The maximum Gasteiger partial charge on any atom is 0.410 e. The number of esters is 1. The third-order valence-electron chi connectivity index (χ3n) is 3.65. The van der Waals surface area contributed by atoms with E-state index in [4.69, 9.17) is 14.3 Å². The second kappa shape index (κ2) is 8.66. The first-order chi connectivity index (χ1) is 12.3. The van der Waals surface area contributed by atoms with Crippen molar-refractivity contribution in [3.8, 4) is 0 Å². The predicted molar refractivity (Wildman–Crippen MR) is 91.7 cm³/mol. The first kappa shape index (κ1) is 19.7. The second-order valence-electron chi connectivity index (χ2n) is 6.88. The average Bonchev–Trinajstić information content (AvgIpc) is 2.59. The summed E-state index contributed by atoms with van der Waals surface area (Å²) >= 11 is 0. The Balaban J connectivity index is 1.98. The van der Waals surface area contributed by atoms with Gasteiger partial charge >= 0.3 is 18.5 Å². The zero-order valence-electron chi connectivity index (χ0n) is 15.2. The molecule has 1 heterocycles. The van der Waals surface area contributed by atoms with Crippen molar-refractivity contribution in [1.29, 1.82) is 0 Å². The fourth-order valence-electron chi connectivity index (χ4n) is 2.49. The zero-order chi connectivity index (χ0) is 19.2. The van der Waals surface area contributed by atoms with E-state index in [0.29, 0.717) is 0 Å². The zero-order valence-corrected chi connectivity index (χ0v) is 15.2. The molecule has 1 fully saturated rings. The highest BCUT2D eigenvalue weighted by Crippen LogP contribution is 2.17. The number of nitrogens with zero attached hydrogens (tertiary/aromatic N) is 2. The minimum atomic E-state index is -0.905. The Morgan fingerprint density at radius 2 is 1.88 bits per heavy atom. The molecule has 1 aliphatic rings. The van der Waals surface area contributed by atoms with E-state index in [1.165, 1.54) is 9.96 Å². The summed E-state index contributed by atoms with van der Waals surface area (Å²) in [4.78, 5) is 41.7. The molecule has 0 aromatic heterocycles. The average molecular weight is 364 g/mol. The van der Waals surface area contributed by atoms with Crippen LogP contribution in [0.1, 0.15) is 26.3 Å². The van der Waals surface area contributed by atoms with E-state index < -0.39 is 23.7 Å². The summed E-state index contributed by atoms with van der Waals surface area (Å²) in [5.41, 5.74) is 0.174. The normalized spacial score (nSPS) is 18.1. The minimum Gasteiger partial charge on any atom is -0.459 e. The Morgan fingerprint density at radius 1 is 1.19 bits per heavy atom. The topological polar surface area (TPSA) is 85.4 Å². The number of benzene rings is 1. The molecule has 0 spiro atoms. The molecule has 0 aliphatic carbocycles. The monoisotopic (exact) mass is 364 g/mol. The predicted octanol–water partition coefficient (Wildman–Crippen LogP) is 1.74. The van der Waals surface area contributed by atoms with Crippen molar-refractivity contribution >= 4 is 18.5 Å². The van der Waals surface area contributed by atoms with Gasteiger partial charge in [0.1, 0.15) is 12.2 Å². The molecule has 1 saturated heterocycles. The third kappa shape index (κ3) is 5.73. The minimum absolute atomic E-state index is 0.0103. The number of carbonyl (C=O) groups is 3. The fourth-order valence-corrected chi connectivity index (χ4v) is 2.49. The van der Waals surface area contributed by atoms with Gasteiger partial charge in [-0.25, -0.2) is 4.79 Å². The van der Waals surface area contributed by atoms with Crippen LogP contribution >= 0.6 is 0 Å². The van der Waals surface area contributed by atoms with E-state index in [9.17, 15) is 14.4 Å². The van der Waals surface area contributed by atoms with E-state index in [1.54, 1.807) is 20.8 Å². The molecule has 1 amide bonds. The quantitative estimate of drug-likeness (QED) is 0.581. The van der Waals surface area contributed by atoms with E-state index in [2.05, 4.69) is 0 Å². The Kier molecular flexibility index (Phi) is 6.57. The van der Waals surface area contributed by atoms with Gasteiger partial charge in [0.05, 0.1) is 13.1 Å². The molecule has 0 radical (unpaired) electrons. The molecule has 1 atom stereocenters. The third-order valence-corrected chi connectivity index (χ3v) is 3.65. The molecule has 0 saturated carbocycles. The summed E-state index contributed by atoms with van der Waals surface area (Å²) < 4.78 is 10.7. The summed E-state index contributed by atoms with van der Waals surface area (Å²) in [6, 6.07) is 8.40. The SMILES string of the molecule is CC(C)(C)OC(=O)C1CN(C(=O)OCc2ccccc2)CCN1OC=O. The molecule has 1 unspecified atom stereocenters. The van der Waals surface area contributed by atoms with E-state index in [0.717, 1.165) is 5.56 Å². The van der Waals surface area contributed by atoms with Gasteiger partial charge in [0.15, 0.2) is 6.04 Å². The van der Waals surface area contributed by atoms with Crippen LogP contribution in [0.4, 0.5) is 4.79 Å². The summed E-state index contributed by atoms with van der Waals surface area (Å²) in [7, 11) is 0. The van der Waals surface area contributed by atoms with Gasteiger partial charge in [-0.2, -0.15) is 0 Å². The number of carbonyl (C=O) groups excluding carboxylic acids is 3. The first-order valence-electron chi connectivity index (χ1n) is 8.35. The number of amides is 1. The Labute approximate surface area is 152 Å². The summed E-state index contributed by atoms with van der Waals surface area (Å²) in [5, 5.41) is 1.22. The number of hydroxylamine groups is 2. The molecular weight excluding hydrogens is 340 g/mol. The van der Waals surface area contributed by atoms with Crippen molar-refractivity contribution in [3.63, 3.8) is 0 Å². The van der Waals surface area contributed by atoms with Crippen molar-refractivity contribution in [2.24, 2.45) is 0 Å². The van der Waals surface area contributed by atoms with Gasteiger partial charge in [-0.1, -0.05) is 30.3 Å². The standard InChI is InChI=1S/C18H24N2O6/c1-18(2,3)26-16(22)15-11-19(9-10-20(15)25-13-21)17(23)24-12-14-7-5-4-6-8-14/h4-8,13,15H,9-12H2,1-3H3. The molecule has 0 N–H and O–H groups in total. The van der Waals surface area contributed by atoms with Gasteiger partial charge in [0.2, 0.25) is 0 Å². The van der Waals surface area contributed by atoms with Gasteiger partial charge in [-0.05, 0) is 26.3 Å². The van der Waals surface area contributed by atoms with Crippen LogP contribution in [-0.2, 0) is 30.5 Å². The lowest BCUT2D eigenvalue weighted by atomic mass is 10.1. The van der Waals surface area contributed by atoms with Crippen LogP contribution in [0.3, 0.4) is 0 Å². The van der Waals surface area contributed by atoms with Gasteiger partial charge in [0.25, 0.3) is 0 Å². The van der Waals surface area contributed by atoms with Crippen molar-refractivity contribution in [2.45, 2.75) is 39.0 Å². The van der Waals surface area contributed by atoms with Crippen molar-refractivity contribution in [2.75, 3.05) is 19.6 Å².